The van der Waals surface area contributed by atoms with E-state index in [1.807, 2.05) is 13.1 Å². The molecule has 0 aliphatic carbocycles. The molecule has 1 atom stereocenters. The maximum atomic E-state index is 5.52. The summed E-state index contributed by atoms with van der Waals surface area (Å²) in [6.07, 6.45) is 3.69. The molecule has 1 N–H and O–H groups in total. The molecule has 2 aromatic heterocycles. The third-order valence-corrected chi connectivity index (χ3v) is 4.02. The first kappa shape index (κ1) is 12.7. The third-order valence-electron chi connectivity index (χ3n) is 2.53. The van der Waals surface area contributed by atoms with E-state index < -0.39 is 0 Å². The Labute approximate surface area is 113 Å². The Morgan fingerprint density at radius 3 is 3.00 bits per heavy atom. The molecule has 2 aromatic rings. The third kappa shape index (κ3) is 2.59. The summed E-state index contributed by atoms with van der Waals surface area (Å²) in [4.78, 5) is 1.13. The Hall–Kier alpha value is -0.720. The van der Waals surface area contributed by atoms with Crippen LogP contribution in [0, 0.1) is 0 Å². The van der Waals surface area contributed by atoms with Crippen molar-refractivity contribution in [1.29, 1.82) is 0 Å². The van der Waals surface area contributed by atoms with Gasteiger partial charge in [-0.2, -0.15) is 0 Å². The summed E-state index contributed by atoms with van der Waals surface area (Å²) in [6, 6.07) is 1.91. The van der Waals surface area contributed by atoms with Crippen molar-refractivity contribution < 1.29 is 4.42 Å². The molecule has 0 aromatic carbocycles. The first-order valence-electron chi connectivity index (χ1n) is 5.49. The lowest BCUT2D eigenvalue weighted by Gasteiger charge is -2.13. The van der Waals surface area contributed by atoms with E-state index in [2.05, 4.69) is 37.8 Å². The maximum absolute atomic E-state index is 5.52. The Kier molecular flexibility index (Phi) is 4.31. The number of furan rings is 1. The van der Waals surface area contributed by atoms with Crippen LogP contribution in [0.1, 0.15) is 35.7 Å². The molecule has 1 unspecified atom stereocenters. The minimum Gasteiger partial charge on any atom is -0.466 e. The van der Waals surface area contributed by atoms with Gasteiger partial charge in [0.1, 0.15) is 11.8 Å². The molecule has 0 saturated carbocycles. The largest absolute Gasteiger partial charge is 0.466 e. The van der Waals surface area contributed by atoms with Crippen molar-refractivity contribution in [2.45, 2.75) is 25.8 Å². The zero-order valence-corrected chi connectivity index (χ0v) is 12.1. The highest BCUT2D eigenvalue weighted by Crippen LogP contribution is 2.32. The van der Waals surface area contributed by atoms with Gasteiger partial charge < -0.3 is 9.73 Å². The van der Waals surface area contributed by atoms with Crippen molar-refractivity contribution in [3.05, 3.63) is 33.1 Å². The van der Waals surface area contributed by atoms with Crippen molar-refractivity contribution in [1.82, 2.24) is 14.9 Å². The molecule has 0 bridgehead atoms. The summed E-state index contributed by atoms with van der Waals surface area (Å²) in [5.41, 5.74) is 1.06. The highest BCUT2D eigenvalue weighted by molar-refractivity contribution is 9.10. The number of nitrogens with one attached hydrogen (secondary N) is 1. The van der Waals surface area contributed by atoms with E-state index >= 15 is 0 Å². The number of halogens is 1. The monoisotopic (exact) mass is 315 g/mol. The van der Waals surface area contributed by atoms with Crippen molar-refractivity contribution in [3.8, 4) is 0 Å². The topological polar surface area (TPSA) is 51.0 Å². The predicted molar refractivity (Wildman–Crippen MR) is 71.2 cm³/mol. The number of aromatic nitrogens is 2. The highest BCUT2D eigenvalue weighted by Gasteiger charge is 2.23. The average molecular weight is 316 g/mol. The Morgan fingerprint density at radius 1 is 1.59 bits per heavy atom. The number of aryl methyl sites for hydroxylation is 1. The standard InChI is InChI=1S/C11H14BrN3OS/c1-3-4-8-11(17-15-14-8)9(13-2)10-7(12)5-6-16-10/h5-6,9,13H,3-4H2,1-2H3. The summed E-state index contributed by atoms with van der Waals surface area (Å²) in [7, 11) is 1.91. The first-order chi connectivity index (χ1) is 8.27. The van der Waals surface area contributed by atoms with E-state index in [-0.39, 0.29) is 6.04 Å². The normalized spacial score (nSPS) is 12.9. The molecule has 6 heteroatoms. The van der Waals surface area contributed by atoms with Crippen molar-refractivity contribution in [2.75, 3.05) is 7.05 Å². The van der Waals surface area contributed by atoms with Crippen molar-refractivity contribution in [3.63, 3.8) is 0 Å². The van der Waals surface area contributed by atoms with Gasteiger partial charge >= 0.3 is 0 Å². The quantitative estimate of drug-likeness (QED) is 0.920. The van der Waals surface area contributed by atoms with E-state index in [0.29, 0.717) is 0 Å². The van der Waals surface area contributed by atoms with E-state index in [1.165, 1.54) is 11.5 Å². The summed E-state index contributed by atoms with van der Waals surface area (Å²) >= 11 is 4.91. The Bertz CT molecular complexity index is 483. The van der Waals surface area contributed by atoms with Gasteiger partial charge in [-0.1, -0.05) is 17.8 Å². The molecule has 4 nitrogen and oxygen atoms in total. The molecule has 2 rings (SSSR count). The Balaban J connectivity index is 2.35. The lowest BCUT2D eigenvalue weighted by atomic mass is 10.1. The van der Waals surface area contributed by atoms with E-state index in [9.17, 15) is 0 Å². The smallest absolute Gasteiger partial charge is 0.140 e. The summed E-state index contributed by atoms with van der Waals surface area (Å²) in [6.45, 7) is 2.14. The van der Waals surface area contributed by atoms with Crippen molar-refractivity contribution in [2.24, 2.45) is 0 Å². The number of hydrogen-bond donors (Lipinski definition) is 1. The fourth-order valence-corrected chi connectivity index (χ4v) is 2.97. The predicted octanol–water partition coefficient (Wildman–Crippen LogP) is 3.15. The highest BCUT2D eigenvalue weighted by atomic mass is 79.9. The second kappa shape index (κ2) is 5.75. The summed E-state index contributed by atoms with van der Waals surface area (Å²) in [5, 5.41) is 7.44. The number of hydrogen-bond acceptors (Lipinski definition) is 5. The molecule has 0 aliphatic rings. The fraction of sp³-hybridized carbons (Fsp3) is 0.455. The minimum absolute atomic E-state index is 0.0147. The molecular weight excluding hydrogens is 302 g/mol. The fourth-order valence-electron chi connectivity index (χ4n) is 1.74. The molecule has 0 radical (unpaired) electrons. The van der Waals surface area contributed by atoms with Crippen LogP contribution in [-0.4, -0.2) is 16.6 Å². The molecule has 0 fully saturated rings. The van der Waals surface area contributed by atoms with E-state index in [0.717, 1.165) is 33.6 Å². The van der Waals surface area contributed by atoms with E-state index in [1.54, 1.807) is 6.26 Å². The molecule has 0 saturated heterocycles. The summed E-state index contributed by atoms with van der Waals surface area (Å²) < 4.78 is 10.5. The maximum Gasteiger partial charge on any atom is 0.140 e. The van der Waals surface area contributed by atoms with Crippen LogP contribution in [0.3, 0.4) is 0 Å². The zero-order valence-electron chi connectivity index (χ0n) is 9.74. The van der Waals surface area contributed by atoms with Gasteiger partial charge in [0.15, 0.2) is 0 Å². The molecule has 0 amide bonds. The zero-order chi connectivity index (χ0) is 12.3. The number of rotatable bonds is 5. The van der Waals surface area contributed by atoms with Crippen LogP contribution in [0.4, 0.5) is 0 Å². The second-order valence-electron chi connectivity index (χ2n) is 3.69. The SMILES string of the molecule is CCCc1nnsc1C(NC)c1occc1Br. The first-order valence-corrected chi connectivity index (χ1v) is 7.05. The van der Waals surface area contributed by atoms with E-state index in [4.69, 9.17) is 4.42 Å². The van der Waals surface area contributed by atoms with Crippen LogP contribution in [0.25, 0.3) is 0 Å². The van der Waals surface area contributed by atoms with Gasteiger partial charge in [-0.25, -0.2) is 0 Å². The molecule has 2 heterocycles. The van der Waals surface area contributed by atoms with Crippen LogP contribution in [0.2, 0.25) is 0 Å². The van der Waals surface area contributed by atoms with Gasteiger partial charge in [-0.05, 0) is 47.0 Å². The Morgan fingerprint density at radius 2 is 2.41 bits per heavy atom. The van der Waals surface area contributed by atoms with Gasteiger partial charge in [-0.15, -0.1) is 5.10 Å². The molecule has 0 aliphatic heterocycles. The van der Waals surface area contributed by atoms with Gasteiger partial charge in [0, 0.05) is 0 Å². The van der Waals surface area contributed by atoms with Crippen LogP contribution < -0.4 is 5.32 Å². The minimum atomic E-state index is 0.0147. The number of nitrogens with zero attached hydrogens (tertiary/aromatic N) is 2. The van der Waals surface area contributed by atoms with Crippen LogP contribution in [0.5, 0.6) is 0 Å². The summed E-state index contributed by atoms with van der Waals surface area (Å²) in [5.74, 6) is 0.871. The lowest BCUT2D eigenvalue weighted by molar-refractivity contribution is 0.462. The van der Waals surface area contributed by atoms with Crippen LogP contribution in [-0.2, 0) is 6.42 Å². The van der Waals surface area contributed by atoms with Gasteiger partial charge in [-0.3, -0.25) is 0 Å². The molecule has 92 valence electrons. The lowest BCUT2D eigenvalue weighted by Crippen LogP contribution is -2.17. The van der Waals surface area contributed by atoms with Gasteiger partial charge in [0.05, 0.1) is 21.3 Å². The van der Waals surface area contributed by atoms with Crippen LogP contribution >= 0.6 is 27.5 Å². The second-order valence-corrected chi connectivity index (χ2v) is 5.33. The van der Waals surface area contributed by atoms with Crippen LogP contribution in [0.15, 0.2) is 21.2 Å². The average Bonchev–Trinajstić information content (AvgIpc) is 2.92. The molecule has 17 heavy (non-hydrogen) atoms. The van der Waals surface area contributed by atoms with Gasteiger partial charge in [0.25, 0.3) is 0 Å². The molecule has 0 spiro atoms. The van der Waals surface area contributed by atoms with Gasteiger partial charge in [0.2, 0.25) is 0 Å². The molecular formula is C11H14BrN3OS. The van der Waals surface area contributed by atoms with Crippen molar-refractivity contribution >= 4 is 27.5 Å².